The fourth-order valence-corrected chi connectivity index (χ4v) is 3.61. The number of rotatable bonds is 9. The maximum absolute atomic E-state index is 12.8. The van der Waals surface area contributed by atoms with Gasteiger partial charge in [0.2, 0.25) is 0 Å². The summed E-state index contributed by atoms with van der Waals surface area (Å²) in [6.45, 7) is 10.1. The average molecular weight is 370 g/mol. The standard InChI is InChI=1S/C12H24Cl3O4P/c1-7-10(4,13)17-20(16,18-11(5,14)8-2)19-12(6,15)9-3/h7-9H2,1-6H3. The molecule has 0 aliphatic heterocycles. The summed E-state index contributed by atoms with van der Waals surface area (Å²) >= 11 is 18.3. The van der Waals surface area contributed by atoms with Crippen LogP contribution in [0.5, 0.6) is 0 Å². The Bertz CT molecular complexity index is 306. The first-order valence-electron chi connectivity index (χ1n) is 6.59. The lowest BCUT2D eigenvalue weighted by Crippen LogP contribution is -2.29. The van der Waals surface area contributed by atoms with Crippen LogP contribution >= 0.6 is 42.6 Å². The second kappa shape index (κ2) is 7.50. The summed E-state index contributed by atoms with van der Waals surface area (Å²) in [6, 6.07) is 0. The molecule has 0 bridgehead atoms. The number of halogens is 3. The van der Waals surface area contributed by atoms with Crippen molar-refractivity contribution in [3.8, 4) is 0 Å². The highest BCUT2D eigenvalue weighted by Gasteiger charge is 2.45. The van der Waals surface area contributed by atoms with E-state index in [9.17, 15) is 4.57 Å². The van der Waals surface area contributed by atoms with Crippen LogP contribution in [0.1, 0.15) is 60.8 Å². The molecule has 0 radical (unpaired) electrons. The molecule has 0 saturated carbocycles. The minimum absolute atomic E-state index is 0.404. The van der Waals surface area contributed by atoms with Gasteiger partial charge in [-0.2, -0.15) is 0 Å². The molecule has 0 amide bonds. The zero-order valence-corrected chi connectivity index (χ0v) is 16.0. The van der Waals surface area contributed by atoms with Crippen molar-refractivity contribution in [2.24, 2.45) is 0 Å². The lowest BCUT2D eigenvalue weighted by atomic mass is 10.3. The third-order valence-electron chi connectivity index (χ3n) is 2.80. The van der Waals surface area contributed by atoms with Crippen molar-refractivity contribution in [3.05, 3.63) is 0 Å². The van der Waals surface area contributed by atoms with Gasteiger partial charge in [-0.25, -0.2) is 4.57 Å². The Hall–Kier alpha value is 0.980. The zero-order chi connectivity index (χ0) is 16.2. The van der Waals surface area contributed by atoms with E-state index in [0.717, 1.165) is 0 Å². The van der Waals surface area contributed by atoms with Crippen LogP contribution in [0.15, 0.2) is 0 Å². The van der Waals surface area contributed by atoms with Crippen molar-refractivity contribution in [1.29, 1.82) is 0 Å². The molecule has 3 unspecified atom stereocenters. The molecule has 0 spiro atoms. The lowest BCUT2D eigenvalue weighted by molar-refractivity contribution is 0.00661. The number of phosphoric ester groups is 1. The van der Waals surface area contributed by atoms with E-state index in [1.54, 1.807) is 41.5 Å². The maximum Gasteiger partial charge on any atom is 0.479 e. The Morgan fingerprint density at radius 3 is 1.10 bits per heavy atom. The second-order valence-electron chi connectivity index (χ2n) is 5.09. The number of hydrogen-bond donors (Lipinski definition) is 0. The van der Waals surface area contributed by atoms with E-state index in [4.69, 9.17) is 48.4 Å². The van der Waals surface area contributed by atoms with E-state index >= 15 is 0 Å². The van der Waals surface area contributed by atoms with Crippen LogP contribution in [0.2, 0.25) is 0 Å². The van der Waals surface area contributed by atoms with Crippen molar-refractivity contribution >= 4 is 42.6 Å². The monoisotopic (exact) mass is 368 g/mol. The quantitative estimate of drug-likeness (QED) is 0.356. The molecule has 0 aromatic heterocycles. The van der Waals surface area contributed by atoms with E-state index in [0.29, 0.717) is 19.3 Å². The van der Waals surface area contributed by atoms with Crippen molar-refractivity contribution in [1.82, 2.24) is 0 Å². The first-order valence-corrected chi connectivity index (χ1v) is 9.19. The highest BCUT2D eigenvalue weighted by molar-refractivity contribution is 7.48. The third-order valence-corrected chi connectivity index (χ3v) is 6.04. The largest absolute Gasteiger partial charge is 0.479 e. The van der Waals surface area contributed by atoms with Gasteiger partial charge < -0.3 is 0 Å². The minimum Gasteiger partial charge on any atom is -0.264 e. The molecule has 4 nitrogen and oxygen atoms in total. The van der Waals surface area contributed by atoms with E-state index < -0.39 is 23.0 Å². The zero-order valence-electron chi connectivity index (χ0n) is 12.8. The first kappa shape index (κ1) is 21.0. The molecule has 0 fully saturated rings. The Balaban J connectivity index is 5.29. The maximum atomic E-state index is 12.8. The molecule has 0 saturated heterocycles. The summed E-state index contributed by atoms with van der Waals surface area (Å²) in [5, 5.41) is -3.59. The van der Waals surface area contributed by atoms with Crippen LogP contribution in [0.3, 0.4) is 0 Å². The molecule has 0 heterocycles. The molecular formula is C12H24Cl3O4P. The first-order chi connectivity index (χ1) is 8.80. The highest BCUT2D eigenvalue weighted by Crippen LogP contribution is 2.60. The van der Waals surface area contributed by atoms with Gasteiger partial charge in [0.25, 0.3) is 0 Å². The van der Waals surface area contributed by atoms with Gasteiger partial charge in [0.05, 0.1) is 0 Å². The average Bonchev–Trinajstić information content (AvgIpc) is 2.26. The molecule has 0 rings (SSSR count). The summed E-state index contributed by atoms with van der Waals surface area (Å²) < 4.78 is 28.9. The molecule has 3 atom stereocenters. The normalized spacial score (nSPS) is 24.2. The van der Waals surface area contributed by atoms with Crippen molar-refractivity contribution in [3.63, 3.8) is 0 Å². The Kier molecular flexibility index (Phi) is 7.87. The summed E-state index contributed by atoms with van der Waals surface area (Å²) in [5.74, 6) is 0. The Labute approximate surface area is 137 Å². The Morgan fingerprint density at radius 2 is 0.950 bits per heavy atom. The molecule has 122 valence electrons. The third kappa shape index (κ3) is 7.84. The highest BCUT2D eigenvalue weighted by atomic mass is 35.5. The van der Waals surface area contributed by atoms with Gasteiger partial charge >= 0.3 is 7.82 Å². The topological polar surface area (TPSA) is 44.8 Å². The summed E-state index contributed by atoms with van der Waals surface area (Å²) in [6.07, 6.45) is 1.21. The summed E-state index contributed by atoms with van der Waals surface area (Å²) in [7, 11) is -4.03. The summed E-state index contributed by atoms with van der Waals surface area (Å²) in [5.41, 5.74) is 0. The molecule has 20 heavy (non-hydrogen) atoms. The molecule has 0 N–H and O–H groups in total. The molecule has 0 aliphatic rings. The molecule has 0 aromatic rings. The predicted octanol–water partition coefficient (Wildman–Crippen LogP) is 6.24. The van der Waals surface area contributed by atoms with Crippen LogP contribution < -0.4 is 0 Å². The van der Waals surface area contributed by atoms with Crippen LogP contribution in [-0.4, -0.2) is 15.2 Å². The SMILES string of the molecule is CCC(C)(Cl)OP(=O)(OC(C)(Cl)CC)OC(C)(Cl)CC. The number of alkyl halides is 3. The van der Waals surface area contributed by atoms with E-state index in [1.807, 2.05) is 0 Å². The van der Waals surface area contributed by atoms with Gasteiger partial charge in [-0.05, 0) is 40.0 Å². The fraction of sp³-hybridized carbons (Fsp3) is 1.00. The van der Waals surface area contributed by atoms with Gasteiger partial charge in [0, 0.05) is 0 Å². The Morgan fingerprint density at radius 1 is 0.750 bits per heavy atom. The van der Waals surface area contributed by atoms with Crippen LogP contribution in [0.4, 0.5) is 0 Å². The predicted molar refractivity (Wildman–Crippen MR) is 84.5 cm³/mol. The van der Waals surface area contributed by atoms with E-state index in [2.05, 4.69) is 0 Å². The lowest BCUT2D eigenvalue weighted by Gasteiger charge is -2.34. The number of phosphoric acid groups is 1. The fourth-order valence-electron chi connectivity index (χ4n) is 0.949. The van der Waals surface area contributed by atoms with Gasteiger partial charge in [-0.3, -0.25) is 13.6 Å². The van der Waals surface area contributed by atoms with Gasteiger partial charge in [0.15, 0.2) is 0 Å². The van der Waals surface area contributed by atoms with Crippen LogP contribution in [0, 0.1) is 0 Å². The second-order valence-corrected chi connectivity index (χ2v) is 8.93. The van der Waals surface area contributed by atoms with E-state index in [1.165, 1.54) is 0 Å². The smallest absolute Gasteiger partial charge is 0.264 e. The van der Waals surface area contributed by atoms with Gasteiger partial charge in [-0.15, -0.1) is 0 Å². The van der Waals surface area contributed by atoms with Crippen LogP contribution in [-0.2, 0) is 18.1 Å². The molecule has 0 aliphatic carbocycles. The van der Waals surface area contributed by atoms with Crippen LogP contribution in [0.25, 0.3) is 0 Å². The van der Waals surface area contributed by atoms with Crippen molar-refractivity contribution in [2.75, 3.05) is 0 Å². The number of hydrogen-bond acceptors (Lipinski definition) is 4. The van der Waals surface area contributed by atoms with Crippen molar-refractivity contribution < 1.29 is 18.1 Å². The molecule has 0 aromatic carbocycles. The van der Waals surface area contributed by atoms with Gasteiger partial charge in [-0.1, -0.05) is 55.6 Å². The molecule has 8 heteroatoms. The van der Waals surface area contributed by atoms with Crippen molar-refractivity contribution in [2.45, 2.75) is 76.0 Å². The van der Waals surface area contributed by atoms with Gasteiger partial charge in [0.1, 0.15) is 15.2 Å². The minimum atomic E-state index is -4.03. The summed E-state index contributed by atoms with van der Waals surface area (Å²) in [4.78, 5) is 0. The molecular weight excluding hydrogens is 345 g/mol. The van der Waals surface area contributed by atoms with E-state index in [-0.39, 0.29) is 0 Å².